The van der Waals surface area contributed by atoms with Crippen LogP contribution in [0.1, 0.15) is 23.2 Å². The van der Waals surface area contributed by atoms with Gasteiger partial charge in [0, 0.05) is 24.4 Å². The summed E-state index contributed by atoms with van der Waals surface area (Å²) >= 11 is 0. The number of nitrogens with one attached hydrogen (secondary N) is 1. The predicted molar refractivity (Wildman–Crippen MR) is 62.1 cm³/mol. The summed E-state index contributed by atoms with van der Waals surface area (Å²) in [7, 11) is 1.70. The Balaban J connectivity index is 1.89. The molecule has 86 valence electrons. The molecule has 0 unspecified atom stereocenters. The smallest absolute Gasteiger partial charge is 0.251 e. The third kappa shape index (κ3) is 2.33. The van der Waals surface area contributed by atoms with E-state index in [1.165, 1.54) is 0 Å². The Bertz CT molecular complexity index is 386. The van der Waals surface area contributed by atoms with Crippen molar-refractivity contribution >= 4 is 11.6 Å². The zero-order valence-electron chi connectivity index (χ0n) is 9.27. The standard InChI is InChI=1S/C12H16N2O2/c1-16-11-6-10(7-11)14-12(15)8-3-2-4-9(13)5-8/h2-5,10-11H,6-7,13H2,1H3,(H,14,15). The Labute approximate surface area is 94.8 Å². The normalized spacial score (nSPS) is 23.6. The molecule has 0 bridgehead atoms. The number of anilines is 1. The van der Waals surface area contributed by atoms with Gasteiger partial charge in [0.25, 0.3) is 5.91 Å². The zero-order valence-corrected chi connectivity index (χ0v) is 9.27. The van der Waals surface area contributed by atoms with E-state index in [1.54, 1.807) is 31.4 Å². The molecule has 0 heterocycles. The van der Waals surface area contributed by atoms with Crippen LogP contribution in [-0.2, 0) is 4.74 Å². The molecule has 0 saturated heterocycles. The number of amides is 1. The molecule has 0 atom stereocenters. The van der Waals surface area contributed by atoms with Gasteiger partial charge in [-0.3, -0.25) is 4.79 Å². The molecule has 4 heteroatoms. The predicted octanol–water partition coefficient (Wildman–Crippen LogP) is 1.18. The van der Waals surface area contributed by atoms with Gasteiger partial charge in [-0.1, -0.05) is 6.07 Å². The summed E-state index contributed by atoms with van der Waals surface area (Å²) in [4.78, 5) is 11.8. The summed E-state index contributed by atoms with van der Waals surface area (Å²) in [6.07, 6.45) is 2.08. The maximum Gasteiger partial charge on any atom is 0.251 e. The molecule has 3 N–H and O–H groups in total. The van der Waals surface area contributed by atoms with Gasteiger partial charge in [0.1, 0.15) is 0 Å². The second kappa shape index (κ2) is 4.53. The van der Waals surface area contributed by atoms with Crippen LogP contribution in [-0.4, -0.2) is 25.2 Å². The molecular formula is C12H16N2O2. The number of rotatable bonds is 3. The van der Waals surface area contributed by atoms with E-state index in [4.69, 9.17) is 10.5 Å². The van der Waals surface area contributed by atoms with E-state index in [0.717, 1.165) is 12.8 Å². The molecule has 1 aromatic rings. The van der Waals surface area contributed by atoms with Crippen LogP contribution in [0.4, 0.5) is 5.69 Å². The topological polar surface area (TPSA) is 64.3 Å². The molecule has 1 amide bonds. The van der Waals surface area contributed by atoms with E-state index in [0.29, 0.717) is 17.4 Å². The largest absolute Gasteiger partial charge is 0.399 e. The molecule has 1 aromatic carbocycles. The maximum absolute atomic E-state index is 11.8. The molecule has 1 fully saturated rings. The first-order valence-corrected chi connectivity index (χ1v) is 5.38. The Morgan fingerprint density at radius 1 is 1.50 bits per heavy atom. The van der Waals surface area contributed by atoms with Crippen molar-refractivity contribution in [2.45, 2.75) is 25.0 Å². The summed E-state index contributed by atoms with van der Waals surface area (Å²) in [5.41, 5.74) is 6.84. The fraction of sp³-hybridized carbons (Fsp3) is 0.417. The van der Waals surface area contributed by atoms with Crippen LogP contribution in [0.25, 0.3) is 0 Å². The molecular weight excluding hydrogens is 204 g/mol. The highest BCUT2D eigenvalue weighted by molar-refractivity contribution is 5.95. The van der Waals surface area contributed by atoms with Gasteiger partial charge in [0.15, 0.2) is 0 Å². The zero-order chi connectivity index (χ0) is 11.5. The number of hydrogen-bond acceptors (Lipinski definition) is 3. The maximum atomic E-state index is 11.8. The number of ether oxygens (including phenoxy) is 1. The Morgan fingerprint density at radius 2 is 2.25 bits per heavy atom. The Kier molecular flexibility index (Phi) is 3.10. The lowest BCUT2D eigenvalue weighted by molar-refractivity contribution is 0.0176. The summed E-state index contributed by atoms with van der Waals surface area (Å²) < 4.78 is 5.15. The van der Waals surface area contributed by atoms with Crippen LogP contribution in [0.15, 0.2) is 24.3 Å². The number of hydrogen-bond donors (Lipinski definition) is 2. The molecule has 4 nitrogen and oxygen atoms in total. The molecule has 0 spiro atoms. The SMILES string of the molecule is COC1CC(NC(=O)c2cccc(N)c2)C1. The first-order chi connectivity index (χ1) is 7.69. The van der Waals surface area contributed by atoms with Crippen molar-refractivity contribution in [2.24, 2.45) is 0 Å². The molecule has 1 aliphatic carbocycles. The molecule has 1 aliphatic rings. The van der Waals surface area contributed by atoms with Crippen LogP contribution in [0, 0.1) is 0 Å². The lowest BCUT2D eigenvalue weighted by Gasteiger charge is -2.34. The van der Waals surface area contributed by atoms with Crippen molar-refractivity contribution in [3.05, 3.63) is 29.8 Å². The average molecular weight is 220 g/mol. The first kappa shape index (κ1) is 11.0. The van der Waals surface area contributed by atoms with Gasteiger partial charge in [-0.15, -0.1) is 0 Å². The minimum atomic E-state index is -0.0631. The number of carbonyl (C=O) groups is 1. The van der Waals surface area contributed by atoms with Crippen molar-refractivity contribution in [3.63, 3.8) is 0 Å². The Hall–Kier alpha value is -1.55. The third-order valence-electron chi connectivity index (χ3n) is 2.91. The summed E-state index contributed by atoms with van der Waals surface area (Å²) in [5, 5.41) is 2.95. The van der Waals surface area contributed by atoms with Gasteiger partial charge in [0.2, 0.25) is 0 Å². The molecule has 0 aliphatic heterocycles. The van der Waals surface area contributed by atoms with Crippen LogP contribution in [0.3, 0.4) is 0 Å². The molecule has 0 aromatic heterocycles. The fourth-order valence-corrected chi connectivity index (χ4v) is 1.82. The lowest BCUT2D eigenvalue weighted by Crippen LogP contribution is -2.47. The number of benzene rings is 1. The van der Waals surface area contributed by atoms with Crippen molar-refractivity contribution in [3.8, 4) is 0 Å². The van der Waals surface area contributed by atoms with E-state index < -0.39 is 0 Å². The minimum absolute atomic E-state index is 0.0631. The average Bonchev–Trinajstić information content (AvgIpc) is 2.22. The molecule has 1 saturated carbocycles. The van der Waals surface area contributed by atoms with E-state index in [2.05, 4.69) is 5.32 Å². The van der Waals surface area contributed by atoms with Gasteiger partial charge in [-0.2, -0.15) is 0 Å². The summed E-state index contributed by atoms with van der Waals surface area (Å²) in [6.45, 7) is 0. The first-order valence-electron chi connectivity index (χ1n) is 5.38. The van der Waals surface area contributed by atoms with Crippen molar-refractivity contribution < 1.29 is 9.53 Å². The van der Waals surface area contributed by atoms with Crippen molar-refractivity contribution in [1.29, 1.82) is 0 Å². The molecule has 16 heavy (non-hydrogen) atoms. The second-order valence-electron chi connectivity index (χ2n) is 4.12. The van der Waals surface area contributed by atoms with E-state index in [-0.39, 0.29) is 11.9 Å². The van der Waals surface area contributed by atoms with Crippen LogP contribution < -0.4 is 11.1 Å². The van der Waals surface area contributed by atoms with E-state index in [9.17, 15) is 4.79 Å². The quantitative estimate of drug-likeness (QED) is 0.752. The minimum Gasteiger partial charge on any atom is -0.399 e. The monoisotopic (exact) mass is 220 g/mol. The van der Waals surface area contributed by atoms with Crippen LogP contribution in [0.2, 0.25) is 0 Å². The molecule has 2 rings (SSSR count). The van der Waals surface area contributed by atoms with E-state index >= 15 is 0 Å². The highest BCUT2D eigenvalue weighted by Crippen LogP contribution is 2.22. The number of nitrogen functional groups attached to an aromatic ring is 1. The second-order valence-corrected chi connectivity index (χ2v) is 4.12. The summed E-state index contributed by atoms with van der Waals surface area (Å²) in [5.74, 6) is -0.0631. The summed E-state index contributed by atoms with van der Waals surface area (Å²) in [6, 6.07) is 7.23. The van der Waals surface area contributed by atoms with Gasteiger partial charge in [-0.05, 0) is 31.0 Å². The Morgan fingerprint density at radius 3 is 2.88 bits per heavy atom. The molecule has 0 radical (unpaired) electrons. The van der Waals surface area contributed by atoms with E-state index in [1.807, 2.05) is 0 Å². The highest BCUT2D eigenvalue weighted by Gasteiger charge is 2.30. The highest BCUT2D eigenvalue weighted by atomic mass is 16.5. The van der Waals surface area contributed by atoms with Gasteiger partial charge in [0.05, 0.1) is 6.10 Å². The lowest BCUT2D eigenvalue weighted by atomic mass is 9.89. The number of methoxy groups -OCH3 is 1. The van der Waals surface area contributed by atoms with Gasteiger partial charge < -0.3 is 15.8 Å². The van der Waals surface area contributed by atoms with Gasteiger partial charge >= 0.3 is 0 Å². The van der Waals surface area contributed by atoms with Gasteiger partial charge in [-0.25, -0.2) is 0 Å². The van der Waals surface area contributed by atoms with Crippen LogP contribution in [0.5, 0.6) is 0 Å². The van der Waals surface area contributed by atoms with Crippen molar-refractivity contribution in [1.82, 2.24) is 5.32 Å². The van der Waals surface area contributed by atoms with Crippen LogP contribution >= 0.6 is 0 Å². The van der Waals surface area contributed by atoms with Crippen molar-refractivity contribution in [2.75, 3.05) is 12.8 Å². The fourth-order valence-electron chi connectivity index (χ4n) is 1.82. The number of nitrogens with two attached hydrogens (primary N) is 1. The number of carbonyl (C=O) groups excluding carboxylic acids is 1. The third-order valence-corrected chi connectivity index (χ3v) is 2.91.